The van der Waals surface area contributed by atoms with Crippen LogP contribution >= 0.6 is 23.4 Å². The lowest BCUT2D eigenvalue weighted by molar-refractivity contribution is -0.136. The lowest BCUT2D eigenvalue weighted by atomic mass is 10.1. The van der Waals surface area contributed by atoms with E-state index in [4.69, 9.17) is 16.7 Å². The molecule has 0 unspecified atom stereocenters. The minimum absolute atomic E-state index is 0.0551. The fourth-order valence-electron chi connectivity index (χ4n) is 1.56. The molecule has 2 aromatic rings. The van der Waals surface area contributed by atoms with E-state index < -0.39 is 5.97 Å². The maximum Gasteiger partial charge on any atom is 0.307 e. The number of benzene rings is 1. The molecular weight excluding hydrogens is 282 g/mol. The summed E-state index contributed by atoms with van der Waals surface area (Å²) >= 11 is 7.58. The van der Waals surface area contributed by atoms with Crippen molar-refractivity contribution in [1.29, 1.82) is 0 Å². The van der Waals surface area contributed by atoms with Gasteiger partial charge in [0.05, 0.1) is 11.4 Å². The molecule has 0 fully saturated rings. The minimum Gasteiger partial charge on any atom is -0.481 e. The third-order valence-corrected chi connectivity index (χ3v) is 3.97. The van der Waals surface area contributed by atoms with Crippen molar-refractivity contribution in [3.05, 3.63) is 58.7 Å². The van der Waals surface area contributed by atoms with Crippen LogP contribution in [-0.2, 0) is 17.0 Å². The third-order valence-electron chi connectivity index (χ3n) is 2.48. The van der Waals surface area contributed by atoms with Crippen molar-refractivity contribution < 1.29 is 9.90 Å². The molecule has 0 saturated heterocycles. The summed E-state index contributed by atoms with van der Waals surface area (Å²) in [6, 6.07) is 11.2. The Bertz CT molecular complexity index is 572. The molecule has 0 bridgehead atoms. The number of pyridine rings is 1. The van der Waals surface area contributed by atoms with Crippen LogP contribution in [0.3, 0.4) is 0 Å². The summed E-state index contributed by atoms with van der Waals surface area (Å²) in [6.45, 7) is 0. The molecule has 0 aliphatic rings. The van der Waals surface area contributed by atoms with Crippen molar-refractivity contribution in [1.82, 2.24) is 4.98 Å². The normalized spacial score (nSPS) is 10.4. The van der Waals surface area contributed by atoms with Crippen LogP contribution in [-0.4, -0.2) is 16.1 Å². The summed E-state index contributed by atoms with van der Waals surface area (Å²) in [7, 11) is 0. The Hall–Kier alpha value is -1.52. The van der Waals surface area contributed by atoms with Crippen LogP contribution in [0.15, 0.2) is 47.6 Å². The first kappa shape index (κ1) is 13.9. The van der Waals surface area contributed by atoms with Gasteiger partial charge >= 0.3 is 5.97 Å². The molecule has 98 valence electrons. The second kappa shape index (κ2) is 6.59. The number of aliphatic carboxylic acids is 1. The van der Waals surface area contributed by atoms with Crippen molar-refractivity contribution in [2.45, 2.75) is 17.2 Å². The molecule has 0 atom stereocenters. The number of hydrogen-bond acceptors (Lipinski definition) is 3. The van der Waals surface area contributed by atoms with Crippen LogP contribution in [0.25, 0.3) is 0 Å². The Morgan fingerprint density at radius 2 is 1.89 bits per heavy atom. The number of halogens is 1. The number of carboxylic acids is 1. The Balaban J connectivity index is 1.97. The molecule has 0 aliphatic heterocycles. The monoisotopic (exact) mass is 293 g/mol. The summed E-state index contributed by atoms with van der Waals surface area (Å²) in [5.74, 6) is -0.0632. The van der Waals surface area contributed by atoms with E-state index >= 15 is 0 Å². The van der Waals surface area contributed by atoms with Gasteiger partial charge in [-0.1, -0.05) is 35.9 Å². The van der Waals surface area contributed by atoms with Crippen LogP contribution < -0.4 is 0 Å². The van der Waals surface area contributed by atoms with Gasteiger partial charge in [-0.3, -0.25) is 4.79 Å². The molecule has 0 radical (unpaired) electrons. The van der Waals surface area contributed by atoms with E-state index in [0.29, 0.717) is 5.02 Å². The standard InChI is InChI=1S/C14H12ClNO2S/c15-12-2-1-7-16-14(12)19-9-11-5-3-10(4-6-11)8-13(17)18/h1-7H,8-9H2,(H,17,18). The first-order valence-electron chi connectivity index (χ1n) is 5.68. The van der Waals surface area contributed by atoms with Crippen molar-refractivity contribution in [3.8, 4) is 0 Å². The summed E-state index contributed by atoms with van der Waals surface area (Å²) in [5.41, 5.74) is 1.91. The first-order chi connectivity index (χ1) is 9.15. The smallest absolute Gasteiger partial charge is 0.307 e. The average Bonchev–Trinajstić information content (AvgIpc) is 2.39. The Labute approximate surface area is 120 Å². The lowest BCUT2D eigenvalue weighted by Gasteiger charge is -2.04. The fourth-order valence-corrected chi connectivity index (χ4v) is 2.68. The third kappa shape index (κ3) is 4.26. The Kier molecular flexibility index (Phi) is 4.82. The highest BCUT2D eigenvalue weighted by molar-refractivity contribution is 7.98. The van der Waals surface area contributed by atoms with Gasteiger partial charge in [0.2, 0.25) is 0 Å². The topological polar surface area (TPSA) is 50.2 Å². The molecule has 0 aliphatic carbocycles. The number of aromatic nitrogens is 1. The van der Waals surface area contributed by atoms with Crippen molar-refractivity contribution in [3.63, 3.8) is 0 Å². The largest absolute Gasteiger partial charge is 0.481 e. The summed E-state index contributed by atoms with van der Waals surface area (Å²) in [6.07, 6.45) is 1.77. The van der Waals surface area contributed by atoms with Gasteiger partial charge in [0.1, 0.15) is 5.03 Å². The zero-order valence-corrected chi connectivity index (χ0v) is 11.6. The average molecular weight is 294 g/mol. The molecule has 2 rings (SSSR count). The highest BCUT2D eigenvalue weighted by Crippen LogP contribution is 2.27. The van der Waals surface area contributed by atoms with Crippen molar-refractivity contribution >= 4 is 29.3 Å². The van der Waals surface area contributed by atoms with Gasteiger partial charge in [0, 0.05) is 11.9 Å². The quantitative estimate of drug-likeness (QED) is 0.855. The first-order valence-corrected chi connectivity index (χ1v) is 7.04. The highest BCUT2D eigenvalue weighted by atomic mass is 35.5. The van der Waals surface area contributed by atoms with E-state index in [9.17, 15) is 4.79 Å². The number of hydrogen-bond donors (Lipinski definition) is 1. The van der Waals surface area contributed by atoms with Crippen LogP contribution in [0.1, 0.15) is 11.1 Å². The Morgan fingerprint density at radius 1 is 1.21 bits per heavy atom. The second-order valence-corrected chi connectivity index (χ2v) is 5.34. The summed E-state index contributed by atoms with van der Waals surface area (Å²) < 4.78 is 0. The number of rotatable bonds is 5. The van der Waals surface area contributed by atoms with E-state index in [1.54, 1.807) is 24.0 Å². The van der Waals surface area contributed by atoms with E-state index in [1.165, 1.54) is 0 Å². The van der Waals surface area contributed by atoms with Crippen LogP contribution in [0.2, 0.25) is 5.02 Å². The van der Waals surface area contributed by atoms with E-state index in [-0.39, 0.29) is 6.42 Å². The molecule has 0 spiro atoms. The number of thioether (sulfide) groups is 1. The highest BCUT2D eigenvalue weighted by Gasteiger charge is 2.03. The summed E-state index contributed by atoms with van der Waals surface area (Å²) in [4.78, 5) is 14.8. The molecule has 19 heavy (non-hydrogen) atoms. The van der Waals surface area contributed by atoms with Gasteiger partial charge < -0.3 is 5.11 Å². The molecule has 1 aromatic heterocycles. The minimum atomic E-state index is -0.817. The molecule has 1 N–H and O–H groups in total. The van der Waals surface area contributed by atoms with Crippen LogP contribution in [0.4, 0.5) is 0 Å². The fraction of sp³-hybridized carbons (Fsp3) is 0.143. The molecule has 1 aromatic carbocycles. The zero-order valence-electron chi connectivity index (χ0n) is 10.0. The molecule has 3 nitrogen and oxygen atoms in total. The molecular formula is C14H12ClNO2S. The predicted octanol–water partition coefficient (Wildman–Crippen LogP) is 3.65. The van der Waals surface area contributed by atoms with Gasteiger partial charge in [0.25, 0.3) is 0 Å². The van der Waals surface area contributed by atoms with Crippen LogP contribution in [0, 0.1) is 0 Å². The SMILES string of the molecule is O=C(O)Cc1ccc(CSc2ncccc2Cl)cc1. The lowest BCUT2D eigenvalue weighted by Crippen LogP contribution is -1.99. The molecule has 1 heterocycles. The molecule has 5 heteroatoms. The van der Waals surface area contributed by atoms with Crippen molar-refractivity contribution in [2.75, 3.05) is 0 Å². The number of carboxylic acid groups (broad SMARTS) is 1. The number of nitrogens with zero attached hydrogens (tertiary/aromatic N) is 1. The zero-order chi connectivity index (χ0) is 13.7. The summed E-state index contributed by atoms with van der Waals surface area (Å²) in [5, 5.41) is 10.1. The Morgan fingerprint density at radius 3 is 2.53 bits per heavy atom. The maximum absolute atomic E-state index is 10.6. The predicted molar refractivity (Wildman–Crippen MR) is 76.6 cm³/mol. The van der Waals surface area contributed by atoms with E-state index in [1.807, 2.05) is 30.3 Å². The number of carbonyl (C=O) groups is 1. The van der Waals surface area contributed by atoms with Gasteiger partial charge in [-0.25, -0.2) is 4.98 Å². The van der Waals surface area contributed by atoms with Gasteiger partial charge in [-0.05, 0) is 23.3 Å². The van der Waals surface area contributed by atoms with Gasteiger partial charge in [-0.2, -0.15) is 0 Å². The maximum atomic E-state index is 10.6. The van der Waals surface area contributed by atoms with Gasteiger partial charge in [-0.15, -0.1) is 11.8 Å². The van der Waals surface area contributed by atoms with E-state index in [0.717, 1.165) is 21.9 Å². The molecule has 0 saturated carbocycles. The molecule has 0 amide bonds. The van der Waals surface area contributed by atoms with Gasteiger partial charge in [0.15, 0.2) is 0 Å². The van der Waals surface area contributed by atoms with E-state index in [2.05, 4.69) is 4.98 Å². The van der Waals surface area contributed by atoms with Crippen molar-refractivity contribution in [2.24, 2.45) is 0 Å². The van der Waals surface area contributed by atoms with Crippen LogP contribution in [0.5, 0.6) is 0 Å². The second-order valence-electron chi connectivity index (χ2n) is 3.97.